The zero-order valence-electron chi connectivity index (χ0n) is 20.8. The molecule has 10 heteroatoms. The Balaban J connectivity index is 1.62. The van der Waals surface area contributed by atoms with Crippen LogP contribution in [0.4, 0.5) is 10.7 Å². The number of nitrogens with one attached hydrogen (secondary N) is 1. The molecule has 188 valence electrons. The summed E-state index contributed by atoms with van der Waals surface area (Å²) in [6, 6.07) is 13.8. The third kappa shape index (κ3) is 4.94. The maximum Gasteiger partial charge on any atom is 0.404 e. The van der Waals surface area contributed by atoms with Gasteiger partial charge in [-0.25, -0.2) is 14.8 Å². The van der Waals surface area contributed by atoms with Gasteiger partial charge >= 0.3 is 6.09 Å². The van der Waals surface area contributed by atoms with E-state index >= 15 is 0 Å². The van der Waals surface area contributed by atoms with Crippen molar-refractivity contribution in [1.82, 2.24) is 29.6 Å². The molecule has 3 aromatic heterocycles. The Bertz CT molecular complexity index is 1450. The van der Waals surface area contributed by atoms with Crippen LogP contribution in [0, 0.1) is 11.3 Å². The molecule has 2 N–H and O–H groups in total. The van der Waals surface area contributed by atoms with E-state index in [2.05, 4.69) is 40.3 Å². The van der Waals surface area contributed by atoms with Crippen molar-refractivity contribution in [1.29, 1.82) is 5.26 Å². The van der Waals surface area contributed by atoms with Gasteiger partial charge in [0, 0.05) is 48.8 Å². The smallest absolute Gasteiger partial charge is 0.404 e. The van der Waals surface area contributed by atoms with Gasteiger partial charge in [-0.2, -0.15) is 5.26 Å². The number of rotatable bonds is 6. The fourth-order valence-electron chi connectivity index (χ4n) is 4.79. The number of amides is 1. The average Bonchev–Trinajstić information content (AvgIpc) is 3.41. The molecule has 0 unspecified atom stereocenters. The molecule has 0 saturated carbocycles. The van der Waals surface area contributed by atoms with E-state index < -0.39 is 6.09 Å². The highest BCUT2D eigenvalue weighted by Gasteiger charge is 2.26. The Morgan fingerprint density at radius 3 is 2.49 bits per heavy atom. The second-order valence-corrected chi connectivity index (χ2v) is 9.32. The summed E-state index contributed by atoms with van der Waals surface area (Å²) in [6.45, 7) is 1.90. The summed E-state index contributed by atoms with van der Waals surface area (Å²) in [6.07, 6.45) is 6.43. The normalized spacial score (nSPS) is 14.2. The first-order valence-corrected chi connectivity index (χ1v) is 12.2. The molecule has 1 fully saturated rings. The van der Waals surface area contributed by atoms with Crippen molar-refractivity contribution >= 4 is 17.7 Å². The van der Waals surface area contributed by atoms with Crippen LogP contribution in [0.3, 0.4) is 0 Å². The lowest BCUT2D eigenvalue weighted by Gasteiger charge is -2.36. The van der Waals surface area contributed by atoms with E-state index in [9.17, 15) is 10.1 Å². The van der Waals surface area contributed by atoms with Crippen LogP contribution in [0.1, 0.15) is 24.1 Å². The van der Waals surface area contributed by atoms with Crippen molar-refractivity contribution in [2.24, 2.45) is 0 Å². The summed E-state index contributed by atoms with van der Waals surface area (Å²) in [5.41, 5.74) is 5.23. The van der Waals surface area contributed by atoms with Gasteiger partial charge in [0.05, 0.1) is 35.1 Å². The van der Waals surface area contributed by atoms with Crippen LogP contribution < -0.4 is 10.2 Å². The minimum atomic E-state index is -1.09. The van der Waals surface area contributed by atoms with Gasteiger partial charge in [-0.15, -0.1) is 0 Å². The molecule has 0 spiro atoms. The molecule has 0 bridgehead atoms. The third-order valence-electron chi connectivity index (χ3n) is 6.83. The molecule has 10 nitrogen and oxygen atoms in total. The van der Waals surface area contributed by atoms with Gasteiger partial charge in [0.25, 0.3) is 0 Å². The predicted molar refractivity (Wildman–Crippen MR) is 140 cm³/mol. The summed E-state index contributed by atoms with van der Waals surface area (Å²) >= 11 is 0. The van der Waals surface area contributed by atoms with Gasteiger partial charge in [0.15, 0.2) is 0 Å². The second-order valence-electron chi connectivity index (χ2n) is 9.32. The number of anilines is 1. The molecular formula is C27H28N8O2. The summed E-state index contributed by atoms with van der Waals surface area (Å²) in [7, 11) is 4.25. The molecule has 0 radical (unpaired) electrons. The van der Waals surface area contributed by atoms with Crippen molar-refractivity contribution in [3.05, 3.63) is 66.2 Å². The Kier molecular flexibility index (Phi) is 6.70. The minimum absolute atomic E-state index is 0.122. The monoisotopic (exact) mass is 496 g/mol. The predicted octanol–water partition coefficient (Wildman–Crippen LogP) is 3.63. The molecule has 5 rings (SSSR count). The molecule has 4 heterocycles. The summed E-state index contributed by atoms with van der Waals surface area (Å²) in [5.74, 6) is 0.836. The van der Waals surface area contributed by atoms with Crippen LogP contribution in [0.15, 0.2) is 55.0 Å². The van der Waals surface area contributed by atoms with Crippen LogP contribution in [0.25, 0.3) is 28.0 Å². The number of nitriles is 1. The van der Waals surface area contributed by atoms with Crippen LogP contribution in [0.5, 0.6) is 0 Å². The first-order chi connectivity index (χ1) is 17.9. The Morgan fingerprint density at radius 2 is 1.86 bits per heavy atom. The lowest BCUT2D eigenvalue weighted by Crippen LogP contribution is -2.43. The number of benzene rings is 1. The first kappa shape index (κ1) is 24.2. The molecule has 1 aliphatic heterocycles. The van der Waals surface area contributed by atoms with E-state index in [0.717, 1.165) is 59.9 Å². The van der Waals surface area contributed by atoms with Gasteiger partial charge in [-0.3, -0.25) is 9.38 Å². The maximum atomic E-state index is 10.9. The molecule has 1 aliphatic rings. The lowest BCUT2D eigenvalue weighted by atomic mass is 10.00. The largest absolute Gasteiger partial charge is 0.465 e. The number of imidazole rings is 1. The molecular weight excluding hydrogens is 468 g/mol. The molecule has 1 amide bonds. The highest BCUT2D eigenvalue weighted by atomic mass is 16.4. The Morgan fingerprint density at radius 1 is 1.14 bits per heavy atom. The lowest BCUT2D eigenvalue weighted by molar-refractivity contribution is 0.194. The van der Waals surface area contributed by atoms with Crippen molar-refractivity contribution in [3.63, 3.8) is 0 Å². The van der Waals surface area contributed by atoms with E-state index in [-0.39, 0.29) is 6.54 Å². The molecule has 1 aromatic carbocycles. The standard InChI is InChI=1S/C27H28N8O2/c1-33(2)22-9-12-34(13-10-22)26-32-24(19-5-3-18(15-28)4-6-19)23(25-29-11-14-35(25)26)20-7-8-21(30-16-20)17-31-27(36)37/h3-8,11,14,16,22,31H,9-10,12-13,17H2,1-2H3,(H,36,37). The van der Waals surface area contributed by atoms with E-state index in [1.807, 2.05) is 28.8 Å². The highest BCUT2D eigenvalue weighted by Crippen LogP contribution is 2.36. The number of piperidine rings is 1. The second kappa shape index (κ2) is 10.2. The van der Waals surface area contributed by atoms with E-state index in [0.29, 0.717) is 17.3 Å². The van der Waals surface area contributed by atoms with Crippen molar-refractivity contribution in [2.75, 3.05) is 32.1 Å². The summed E-state index contributed by atoms with van der Waals surface area (Å²) in [4.78, 5) is 29.8. The van der Waals surface area contributed by atoms with Crippen molar-refractivity contribution in [2.45, 2.75) is 25.4 Å². The molecule has 37 heavy (non-hydrogen) atoms. The maximum absolute atomic E-state index is 10.9. The Labute approximate surface area is 214 Å². The quantitative estimate of drug-likeness (QED) is 0.415. The Hall–Kier alpha value is -4.49. The van der Waals surface area contributed by atoms with Crippen LogP contribution >= 0.6 is 0 Å². The number of hydrogen-bond acceptors (Lipinski definition) is 7. The van der Waals surface area contributed by atoms with Gasteiger partial charge in [-0.1, -0.05) is 18.2 Å². The van der Waals surface area contributed by atoms with Crippen LogP contribution in [-0.4, -0.2) is 68.7 Å². The molecule has 0 atom stereocenters. The van der Waals surface area contributed by atoms with Gasteiger partial charge in [0.1, 0.15) is 5.65 Å². The highest BCUT2D eigenvalue weighted by molar-refractivity contribution is 5.91. The SMILES string of the molecule is CN(C)C1CCN(c2nc(-c3ccc(C#N)cc3)c(-c3ccc(CNC(=O)O)nc3)c3nccn23)CC1. The van der Waals surface area contributed by atoms with Crippen molar-refractivity contribution < 1.29 is 9.90 Å². The van der Waals surface area contributed by atoms with Crippen LogP contribution in [0.2, 0.25) is 0 Å². The van der Waals surface area contributed by atoms with Gasteiger partial charge in [-0.05, 0) is 45.1 Å². The van der Waals surface area contributed by atoms with Crippen LogP contribution in [-0.2, 0) is 6.54 Å². The molecule has 0 aliphatic carbocycles. The number of pyridine rings is 1. The number of aromatic nitrogens is 4. The van der Waals surface area contributed by atoms with E-state index in [4.69, 9.17) is 15.1 Å². The summed E-state index contributed by atoms with van der Waals surface area (Å²) in [5, 5.41) is 20.5. The molecule has 1 saturated heterocycles. The van der Waals surface area contributed by atoms with E-state index in [1.54, 1.807) is 30.6 Å². The minimum Gasteiger partial charge on any atom is -0.465 e. The first-order valence-electron chi connectivity index (χ1n) is 12.2. The molecule has 4 aromatic rings. The zero-order chi connectivity index (χ0) is 25.9. The van der Waals surface area contributed by atoms with E-state index in [1.165, 1.54) is 0 Å². The van der Waals surface area contributed by atoms with Gasteiger partial charge in [0.2, 0.25) is 5.95 Å². The fourth-order valence-corrected chi connectivity index (χ4v) is 4.79. The number of nitrogens with zero attached hydrogens (tertiary/aromatic N) is 7. The van der Waals surface area contributed by atoms with Crippen molar-refractivity contribution in [3.8, 4) is 28.5 Å². The number of fused-ring (bicyclic) bond motifs is 1. The number of carbonyl (C=O) groups is 1. The zero-order valence-corrected chi connectivity index (χ0v) is 20.8. The third-order valence-corrected chi connectivity index (χ3v) is 6.83. The fraction of sp³-hybridized carbons (Fsp3) is 0.296. The number of hydrogen-bond donors (Lipinski definition) is 2. The number of carboxylic acid groups (broad SMARTS) is 1. The van der Waals surface area contributed by atoms with Gasteiger partial charge < -0.3 is 20.2 Å². The average molecular weight is 497 g/mol. The topological polar surface area (TPSA) is 123 Å². The summed E-state index contributed by atoms with van der Waals surface area (Å²) < 4.78 is 2.03.